The van der Waals surface area contributed by atoms with E-state index >= 15 is 0 Å². The van der Waals surface area contributed by atoms with E-state index in [0.29, 0.717) is 22.6 Å². The minimum atomic E-state index is -0.581. The number of aromatic nitrogens is 2. The third-order valence-corrected chi connectivity index (χ3v) is 5.46. The van der Waals surface area contributed by atoms with Crippen LogP contribution in [-0.2, 0) is 11.3 Å². The van der Waals surface area contributed by atoms with E-state index in [1.165, 1.54) is 11.8 Å². The molecule has 2 rings (SSSR count). The third-order valence-electron chi connectivity index (χ3n) is 4.37. The molecule has 0 spiro atoms. The Hall–Kier alpha value is -2.35. The Morgan fingerprint density at radius 3 is 2.55 bits per heavy atom. The number of unbranched alkanes of at least 4 members (excludes halogenated alkanes) is 3. The summed E-state index contributed by atoms with van der Waals surface area (Å²) in [7, 11) is 0. The van der Waals surface area contributed by atoms with E-state index in [-0.39, 0.29) is 11.6 Å². The van der Waals surface area contributed by atoms with Gasteiger partial charge in [-0.25, -0.2) is 9.78 Å². The van der Waals surface area contributed by atoms with Crippen molar-refractivity contribution < 1.29 is 9.59 Å². The van der Waals surface area contributed by atoms with Gasteiger partial charge in [0.25, 0.3) is 5.56 Å². The van der Waals surface area contributed by atoms with E-state index in [0.717, 1.165) is 25.7 Å². The first-order valence-corrected chi connectivity index (χ1v) is 11.0. The van der Waals surface area contributed by atoms with Crippen LogP contribution in [0.4, 0.5) is 4.79 Å². The Morgan fingerprint density at radius 1 is 1.14 bits per heavy atom. The van der Waals surface area contributed by atoms with Gasteiger partial charge in [-0.3, -0.25) is 19.5 Å². The number of imide groups is 1. The number of benzene rings is 1. The molecule has 0 saturated carbocycles. The maximum Gasteiger partial charge on any atom is 0.321 e. The fourth-order valence-corrected chi connectivity index (χ4v) is 3.79. The van der Waals surface area contributed by atoms with Crippen LogP contribution >= 0.6 is 11.8 Å². The fraction of sp³-hybridized carbons (Fsp3) is 0.524. The summed E-state index contributed by atoms with van der Waals surface area (Å²) in [6.45, 7) is 8.03. The highest BCUT2D eigenvalue weighted by Gasteiger charge is 2.21. The van der Waals surface area contributed by atoms with Crippen LogP contribution in [0.25, 0.3) is 10.9 Å². The highest BCUT2D eigenvalue weighted by Crippen LogP contribution is 2.23. The zero-order chi connectivity index (χ0) is 21.4. The van der Waals surface area contributed by atoms with Gasteiger partial charge in [0, 0.05) is 12.6 Å². The first-order chi connectivity index (χ1) is 13.8. The predicted molar refractivity (Wildman–Crippen MR) is 117 cm³/mol. The van der Waals surface area contributed by atoms with Crippen LogP contribution in [0.3, 0.4) is 0 Å². The van der Waals surface area contributed by atoms with Crippen molar-refractivity contribution in [2.45, 2.75) is 76.4 Å². The van der Waals surface area contributed by atoms with Gasteiger partial charge in [0.1, 0.15) is 0 Å². The maximum absolute atomic E-state index is 13.0. The summed E-state index contributed by atoms with van der Waals surface area (Å²) in [6.07, 6.45) is 4.13. The number of carbonyl (C=O) groups is 2. The van der Waals surface area contributed by atoms with Gasteiger partial charge >= 0.3 is 6.03 Å². The minimum absolute atomic E-state index is 0.0683. The van der Waals surface area contributed by atoms with Crippen molar-refractivity contribution in [3.05, 3.63) is 34.6 Å². The van der Waals surface area contributed by atoms with Crippen molar-refractivity contribution in [3.63, 3.8) is 0 Å². The van der Waals surface area contributed by atoms with Gasteiger partial charge in [-0.2, -0.15) is 0 Å². The summed E-state index contributed by atoms with van der Waals surface area (Å²) in [5.41, 5.74) is 0.509. The molecule has 0 radical (unpaired) electrons. The third kappa shape index (κ3) is 6.59. The van der Waals surface area contributed by atoms with Crippen LogP contribution in [0.15, 0.2) is 34.2 Å². The smallest absolute Gasteiger partial charge is 0.321 e. The van der Waals surface area contributed by atoms with Crippen molar-refractivity contribution in [1.29, 1.82) is 0 Å². The van der Waals surface area contributed by atoms with Crippen LogP contribution in [-0.4, -0.2) is 32.8 Å². The van der Waals surface area contributed by atoms with Gasteiger partial charge in [-0.1, -0.05) is 50.1 Å². The molecule has 0 aliphatic carbocycles. The molecule has 0 bridgehead atoms. The van der Waals surface area contributed by atoms with E-state index in [9.17, 15) is 14.4 Å². The lowest BCUT2D eigenvalue weighted by Crippen LogP contribution is -2.45. The summed E-state index contributed by atoms with van der Waals surface area (Å²) < 4.78 is 1.65. The Labute approximate surface area is 175 Å². The number of nitrogens with one attached hydrogen (secondary N) is 2. The summed E-state index contributed by atoms with van der Waals surface area (Å²) in [5.74, 6) is -0.423. The molecule has 8 heteroatoms. The molecule has 0 aliphatic heterocycles. The molecule has 0 saturated heterocycles. The van der Waals surface area contributed by atoms with E-state index in [2.05, 4.69) is 22.5 Å². The second-order valence-electron chi connectivity index (χ2n) is 7.31. The molecule has 0 fully saturated rings. The van der Waals surface area contributed by atoms with Crippen LogP contribution in [0, 0.1) is 0 Å². The van der Waals surface area contributed by atoms with Gasteiger partial charge in [0.15, 0.2) is 5.16 Å². The molecule has 1 heterocycles. The van der Waals surface area contributed by atoms with Gasteiger partial charge < -0.3 is 5.32 Å². The zero-order valence-electron chi connectivity index (χ0n) is 17.5. The Morgan fingerprint density at radius 2 is 1.86 bits per heavy atom. The van der Waals surface area contributed by atoms with E-state index in [1.54, 1.807) is 23.6 Å². The molecule has 1 aromatic carbocycles. The van der Waals surface area contributed by atoms with Gasteiger partial charge in [-0.15, -0.1) is 0 Å². The largest absolute Gasteiger partial charge is 0.336 e. The van der Waals surface area contributed by atoms with Crippen molar-refractivity contribution in [2.24, 2.45) is 0 Å². The van der Waals surface area contributed by atoms with Crippen LogP contribution in [0.5, 0.6) is 0 Å². The molecule has 1 aromatic heterocycles. The number of fused-ring (bicyclic) bond motifs is 1. The molecule has 29 heavy (non-hydrogen) atoms. The SMILES string of the molecule is CCCCCCn1c(S[C@@H](C)C(=O)NC(=O)NC(C)C)nc2ccccc2c1=O. The van der Waals surface area contributed by atoms with Crippen molar-refractivity contribution in [3.8, 4) is 0 Å². The second kappa shape index (κ2) is 11.0. The molecule has 0 unspecified atom stereocenters. The molecular weight excluding hydrogens is 388 g/mol. The van der Waals surface area contributed by atoms with E-state index in [1.807, 2.05) is 26.0 Å². The standard InChI is InChI=1S/C21H30N4O3S/c1-5-6-7-10-13-25-19(27)16-11-8-9-12-17(16)23-21(25)29-15(4)18(26)24-20(28)22-14(2)3/h8-9,11-12,14-15H,5-7,10,13H2,1-4H3,(H2,22,24,26,28)/t15-/m0/s1. The molecule has 2 N–H and O–H groups in total. The zero-order valence-corrected chi connectivity index (χ0v) is 18.3. The van der Waals surface area contributed by atoms with E-state index in [4.69, 9.17) is 0 Å². The molecule has 2 aromatic rings. The van der Waals surface area contributed by atoms with Crippen LogP contribution in [0.1, 0.15) is 53.4 Å². The molecule has 0 aliphatic rings. The molecule has 7 nitrogen and oxygen atoms in total. The van der Waals surface area contributed by atoms with Gasteiger partial charge in [-0.05, 0) is 39.3 Å². The number of nitrogens with zero attached hydrogens (tertiary/aromatic N) is 2. The lowest BCUT2D eigenvalue weighted by molar-refractivity contribution is -0.119. The number of rotatable bonds is 9. The predicted octanol–water partition coefficient (Wildman–Crippen LogP) is 3.69. The molecule has 158 valence electrons. The Bertz CT molecular complexity index is 910. The Kier molecular flexibility index (Phi) is 8.70. The molecule has 1 atom stereocenters. The molecular formula is C21H30N4O3S. The average molecular weight is 419 g/mol. The first-order valence-electron chi connectivity index (χ1n) is 10.1. The highest BCUT2D eigenvalue weighted by molar-refractivity contribution is 8.00. The normalized spacial score (nSPS) is 12.2. The lowest BCUT2D eigenvalue weighted by atomic mass is 10.2. The maximum atomic E-state index is 13.0. The van der Waals surface area contributed by atoms with E-state index < -0.39 is 17.2 Å². The first kappa shape index (κ1) is 22.9. The topological polar surface area (TPSA) is 93.1 Å². The Balaban J connectivity index is 2.23. The lowest BCUT2D eigenvalue weighted by Gasteiger charge is -2.16. The highest BCUT2D eigenvalue weighted by atomic mass is 32.2. The van der Waals surface area contributed by atoms with Crippen molar-refractivity contribution in [1.82, 2.24) is 20.2 Å². The monoisotopic (exact) mass is 418 g/mol. The number of hydrogen-bond acceptors (Lipinski definition) is 5. The summed E-state index contributed by atoms with van der Waals surface area (Å²) in [4.78, 5) is 41.8. The average Bonchev–Trinajstić information content (AvgIpc) is 2.66. The number of para-hydroxylation sites is 1. The number of urea groups is 1. The van der Waals surface area contributed by atoms with Gasteiger partial charge in [0.2, 0.25) is 5.91 Å². The van der Waals surface area contributed by atoms with Crippen molar-refractivity contribution >= 4 is 34.6 Å². The molecule has 3 amide bonds. The minimum Gasteiger partial charge on any atom is -0.336 e. The number of amides is 3. The quantitative estimate of drug-likeness (QED) is 0.368. The number of thioether (sulfide) groups is 1. The fourth-order valence-electron chi connectivity index (χ4n) is 2.85. The van der Waals surface area contributed by atoms with Gasteiger partial charge in [0.05, 0.1) is 16.2 Å². The summed E-state index contributed by atoms with van der Waals surface area (Å²) in [6, 6.07) is 6.63. The summed E-state index contributed by atoms with van der Waals surface area (Å²) in [5, 5.41) is 5.45. The van der Waals surface area contributed by atoms with Crippen LogP contribution < -0.4 is 16.2 Å². The second-order valence-corrected chi connectivity index (χ2v) is 8.61. The van der Waals surface area contributed by atoms with Crippen LogP contribution in [0.2, 0.25) is 0 Å². The number of carbonyl (C=O) groups excluding carboxylic acids is 2. The summed E-state index contributed by atoms with van der Waals surface area (Å²) >= 11 is 1.19. The number of hydrogen-bond donors (Lipinski definition) is 2. The van der Waals surface area contributed by atoms with Crippen molar-refractivity contribution in [2.75, 3.05) is 0 Å².